The summed E-state index contributed by atoms with van der Waals surface area (Å²) in [4.78, 5) is 6.31. The molecule has 1 aliphatic heterocycles. The molecule has 1 aromatic rings. The van der Waals surface area contributed by atoms with Crippen LogP contribution >= 0.6 is 27.5 Å². The van der Waals surface area contributed by atoms with E-state index in [2.05, 4.69) is 20.9 Å². The number of sulfonamides is 1. The predicted octanol–water partition coefficient (Wildman–Crippen LogP) is 1.58. The summed E-state index contributed by atoms with van der Waals surface area (Å²) in [6, 6.07) is 1.78. The number of aromatic nitrogens is 1. The molecular weight excluding hydrogens is 342 g/mol. The van der Waals surface area contributed by atoms with Crippen molar-refractivity contribution in [3.63, 3.8) is 0 Å². The Balaban J connectivity index is 2.10. The Bertz CT molecular complexity index is 544. The lowest BCUT2D eigenvalue weighted by atomic mass is 10.3. The fraction of sp³-hybridized carbons (Fsp3) is 0.500. The highest BCUT2D eigenvalue weighted by Gasteiger charge is 2.24. The van der Waals surface area contributed by atoms with Crippen molar-refractivity contribution in [1.29, 1.82) is 0 Å². The van der Waals surface area contributed by atoms with E-state index < -0.39 is 10.0 Å². The van der Waals surface area contributed by atoms with E-state index in [1.165, 1.54) is 10.6 Å². The highest BCUT2D eigenvalue weighted by Crippen LogP contribution is 2.27. The summed E-state index contributed by atoms with van der Waals surface area (Å²) >= 11 is 9.26. The lowest BCUT2D eigenvalue weighted by Gasteiger charge is -2.34. The molecule has 0 amide bonds. The van der Waals surface area contributed by atoms with E-state index in [1.807, 2.05) is 4.90 Å². The molecule has 100 valence electrons. The van der Waals surface area contributed by atoms with Crippen LogP contribution in [0.2, 0.25) is 5.02 Å². The van der Waals surface area contributed by atoms with Crippen LogP contribution in [0.3, 0.4) is 0 Å². The zero-order chi connectivity index (χ0) is 13.3. The van der Waals surface area contributed by atoms with Crippen molar-refractivity contribution < 1.29 is 8.42 Å². The van der Waals surface area contributed by atoms with Crippen LogP contribution in [-0.2, 0) is 10.0 Å². The van der Waals surface area contributed by atoms with Gasteiger partial charge in [0.1, 0.15) is 5.82 Å². The minimum atomic E-state index is -3.09. The molecule has 8 heteroatoms. The normalized spacial score (nSPS) is 18.1. The van der Waals surface area contributed by atoms with Crippen molar-refractivity contribution in [2.75, 3.05) is 37.3 Å². The van der Waals surface area contributed by atoms with Crippen molar-refractivity contribution in [2.45, 2.75) is 0 Å². The zero-order valence-corrected chi connectivity index (χ0v) is 13.0. The molecular formula is C10H13BrClN3O2S. The predicted molar refractivity (Wildman–Crippen MR) is 75.6 cm³/mol. The first kappa shape index (κ1) is 14.0. The number of hydrogen-bond donors (Lipinski definition) is 0. The molecule has 2 rings (SSSR count). The average Bonchev–Trinajstić information content (AvgIpc) is 2.28. The second-order valence-corrected chi connectivity index (χ2v) is 7.38. The number of hydrogen-bond acceptors (Lipinski definition) is 4. The summed E-state index contributed by atoms with van der Waals surface area (Å²) in [6.45, 7) is 2.21. The maximum Gasteiger partial charge on any atom is 0.211 e. The lowest BCUT2D eigenvalue weighted by Crippen LogP contribution is -2.48. The van der Waals surface area contributed by atoms with E-state index in [-0.39, 0.29) is 0 Å². The SMILES string of the molecule is CS(=O)(=O)N1CCN(c2ncc(Cl)cc2Br)CC1. The third-order valence-corrected chi connectivity index (χ3v) is 4.89. The molecule has 0 aromatic carbocycles. The Morgan fingerprint density at radius 3 is 2.44 bits per heavy atom. The van der Waals surface area contributed by atoms with Crippen molar-refractivity contribution in [1.82, 2.24) is 9.29 Å². The van der Waals surface area contributed by atoms with Gasteiger partial charge in [-0.1, -0.05) is 11.6 Å². The van der Waals surface area contributed by atoms with Gasteiger partial charge in [0.05, 0.1) is 15.8 Å². The summed E-state index contributed by atoms with van der Waals surface area (Å²) in [7, 11) is -3.09. The van der Waals surface area contributed by atoms with Gasteiger partial charge in [-0.25, -0.2) is 13.4 Å². The summed E-state index contributed by atoms with van der Waals surface area (Å²) < 4.78 is 25.1. The largest absolute Gasteiger partial charge is 0.353 e. The molecule has 1 saturated heterocycles. The highest BCUT2D eigenvalue weighted by molar-refractivity contribution is 9.10. The van der Waals surface area contributed by atoms with Crippen LogP contribution < -0.4 is 4.90 Å². The van der Waals surface area contributed by atoms with E-state index in [1.54, 1.807) is 12.3 Å². The molecule has 2 heterocycles. The highest BCUT2D eigenvalue weighted by atomic mass is 79.9. The van der Waals surface area contributed by atoms with E-state index in [4.69, 9.17) is 11.6 Å². The van der Waals surface area contributed by atoms with Crippen molar-refractivity contribution >= 4 is 43.4 Å². The Hall–Kier alpha value is -0.370. The quantitative estimate of drug-likeness (QED) is 0.809. The van der Waals surface area contributed by atoms with Crippen molar-refractivity contribution in [3.8, 4) is 0 Å². The van der Waals surface area contributed by atoms with Gasteiger partial charge in [-0.2, -0.15) is 4.31 Å². The maximum atomic E-state index is 11.4. The molecule has 1 fully saturated rings. The number of nitrogens with zero attached hydrogens (tertiary/aromatic N) is 3. The van der Waals surface area contributed by atoms with Crippen molar-refractivity contribution in [2.24, 2.45) is 0 Å². The Labute approximate surface area is 120 Å². The van der Waals surface area contributed by atoms with Crippen LogP contribution in [0.4, 0.5) is 5.82 Å². The summed E-state index contributed by atoms with van der Waals surface area (Å²) in [5.41, 5.74) is 0. The maximum absolute atomic E-state index is 11.4. The molecule has 1 aliphatic rings. The second-order valence-electron chi connectivity index (χ2n) is 4.11. The Morgan fingerprint density at radius 1 is 1.33 bits per heavy atom. The number of anilines is 1. The van der Waals surface area contributed by atoms with Crippen LogP contribution in [0.25, 0.3) is 0 Å². The molecule has 0 N–H and O–H groups in total. The molecule has 0 bridgehead atoms. The first-order valence-corrected chi connectivity index (χ1v) is 8.41. The number of halogens is 2. The van der Waals surface area contributed by atoms with Crippen molar-refractivity contribution in [3.05, 3.63) is 21.8 Å². The molecule has 18 heavy (non-hydrogen) atoms. The lowest BCUT2D eigenvalue weighted by molar-refractivity contribution is 0.387. The summed E-state index contributed by atoms with van der Waals surface area (Å²) in [5, 5.41) is 0.570. The molecule has 0 aliphatic carbocycles. The van der Waals surface area contributed by atoms with Gasteiger partial charge in [0.15, 0.2) is 0 Å². The van der Waals surface area contributed by atoms with E-state index in [9.17, 15) is 8.42 Å². The summed E-state index contributed by atoms with van der Waals surface area (Å²) in [6.07, 6.45) is 2.82. The summed E-state index contributed by atoms with van der Waals surface area (Å²) in [5.74, 6) is 0.799. The van der Waals surface area contributed by atoms with Crippen LogP contribution in [0, 0.1) is 0 Å². The van der Waals surface area contributed by atoms with Crippen LogP contribution in [0.1, 0.15) is 0 Å². The average molecular weight is 355 g/mol. The second kappa shape index (κ2) is 5.32. The van der Waals surface area contributed by atoms with Gasteiger partial charge in [0.25, 0.3) is 0 Å². The molecule has 0 atom stereocenters. The first-order chi connectivity index (χ1) is 8.38. The zero-order valence-electron chi connectivity index (χ0n) is 9.81. The molecule has 0 radical (unpaired) electrons. The van der Waals surface area contributed by atoms with Crippen LogP contribution in [0.5, 0.6) is 0 Å². The number of pyridine rings is 1. The molecule has 0 saturated carbocycles. The van der Waals surface area contributed by atoms with Gasteiger partial charge >= 0.3 is 0 Å². The fourth-order valence-electron chi connectivity index (χ4n) is 1.87. The Kier molecular flexibility index (Phi) is 4.15. The van der Waals surface area contributed by atoms with Crippen LogP contribution in [0.15, 0.2) is 16.7 Å². The number of piperazine rings is 1. The minimum Gasteiger partial charge on any atom is -0.353 e. The monoisotopic (exact) mass is 353 g/mol. The number of rotatable bonds is 2. The fourth-order valence-corrected chi connectivity index (χ4v) is 3.59. The van der Waals surface area contributed by atoms with E-state index >= 15 is 0 Å². The van der Waals surface area contributed by atoms with Gasteiger partial charge in [-0.15, -0.1) is 0 Å². The third-order valence-electron chi connectivity index (χ3n) is 2.80. The topological polar surface area (TPSA) is 53.5 Å². The van der Waals surface area contributed by atoms with E-state index in [0.717, 1.165) is 10.3 Å². The first-order valence-electron chi connectivity index (χ1n) is 5.39. The molecule has 1 aromatic heterocycles. The molecule has 5 nitrogen and oxygen atoms in total. The minimum absolute atomic E-state index is 0.482. The van der Waals surface area contributed by atoms with Crippen LogP contribution in [-0.4, -0.2) is 50.1 Å². The van der Waals surface area contributed by atoms with Gasteiger partial charge in [0, 0.05) is 32.4 Å². The smallest absolute Gasteiger partial charge is 0.211 e. The van der Waals surface area contributed by atoms with Gasteiger partial charge in [0.2, 0.25) is 10.0 Å². The third kappa shape index (κ3) is 3.14. The Morgan fingerprint density at radius 2 is 1.94 bits per heavy atom. The van der Waals surface area contributed by atoms with Gasteiger partial charge in [-0.05, 0) is 22.0 Å². The van der Waals surface area contributed by atoms with E-state index in [0.29, 0.717) is 31.2 Å². The standard InChI is InChI=1S/C10H13BrClN3O2S/c1-18(16,17)15-4-2-14(3-5-15)10-9(11)6-8(12)7-13-10/h6-7H,2-5H2,1H3. The van der Waals surface area contributed by atoms with Gasteiger partial charge in [-0.3, -0.25) is 0 Å². The van der Waals surface area contributed by atoms with Gasteiger partial charge < -0.3 is 4.90 Å². The molecule has 0 spiro atoms. The molecule has 0 unspecified atom stereocenters.